The minimum absolute atomic E-state index is 0. The molecule has 0 spiro atoms. The number of furan rings is 2. The van der Waals surface area contributed by atoms with E-state index in [0.717, 1.165) is 46.7 Å². The molecular weight excluding hydrogens is 635 g/mol. The van der Waals surface area contributed by atoms with Gasteiger partial charge in [0.25, 0.3) is 0 Å². The Balaban J connectivity index is 0.000000948. The lowest BCUT2D eigenvalue weighted by Crippen LogP contribution is -2.21. The van der Waals surface area contributed by atoms with Gasteiger partial charge in [-0.15, -0.1) is 0 Å². The SMILES string of the molecule is C=Cc1c(C)oc2c1CCc1c-2oc2ccc(-c3ccc4c(c3)N(c3ccccc3)P(c3ccccc3)N4c3ccccc3)cc12.CCC.O. The van der Waals surface area contributed by atoms with Crippen LogP contribution >= 0.6 is 8.22 Å². The Morgan fingerprint density at radius 1 is 0.660 bits per heavy atom. The van der Waals surface area contributed by atoms with Crippen LogP contribution in [-0.2, 0) is 12.8 Å². The van der Waals surface area contributed by atoms with Crippen LogP contribution in [0.25, 0.3) is 39.7 Å². The largest absolute Gasteiger partial charge is 0.457 e. The van der Waals surface area contributed by atoms with Crippen LogP contribution < -0.4 is 14.6 Å². The molecule has 0 radical (unpaired) electrons. The van der Waals surface area contributed by atoms with E-state index < -0.39 is 8.22 Å². The van der Waals surface area contributed by atoms with Crippen LogP contribution in [0.2, 0.25) is 0 Å². The first-order chi connectivity index (χ1) is 24.1. The molecule has 1 aliphatic carbocycles. The monoisotopic (exact) mass is 676 g/mol. The molecule has 2 aliphatic rings. The Bertz CT molecular complexity index is 2280. The Morgan fingerprint density at radius 3 is 1.84 bits per heavy atom. The number of hydrogen-bond acceptors (Lipinski definition) is 4. The number of benzene rings is 5. The molecule has 2 aromatic heterocycles. The maximum absolute atomic E-state index is 6.46. The molecule has 5 nitrogen and oxygen atoms in total. The second-order valence-electron chi connectivity index (χ2n) is 12.5. The maximum Gasteiger partial charge on any atom is 0.174 e. The quantitative estimate of drug-likeness (QED) is 0.170. The third-order valence-corrected chi connectivity index (χ3v) is 11.6. The Labute approximate surface area is 295 Å². The first kappa shape index (κ1) is 33.2. The number of fused-ring (bicyclic) bond motifs is 6. The summed E-state index contributed by atoms with van der Waals surface area (Å²) in [5.41, 5.74) is 11.5. The molecule has 5 aromatic carbocycles. The lowest BCUT2D eigenvalue weighted by molar-refractivity contribution is 0.511. The maximum atomic E-state index is 6.46. The van der Waals surface area contributed by atoms with Crippen LogP contribution in [0.3, 0.4) is 0 Å². The summed E-state index contributed by atoms with van der Waals surface area (Å²) in [7, 11) is -0.948. The molecule has 7 aromatic rings. The van der Waals surface area contributed by atoms with E-state index in [4.69, 9.17) is 8.83 Å². The van der Waals surface area contributed by atoms with Crippen molar-refractivity contribution in [3.8, 4) is 22.6 Å². The summed E-state index contributed by atoms with van der Waals surface area (Å²) in [4.78, 5) is 0. The van der Waals surface area contributed by atoms with Crippen LogP contribution in [0.4, 0.5) is 22.7 Å². The van der Waals surface area contributed by atoms with Crippen molar-refractivity contribution >= 4 is 53.3 Å². The number of anilines is 4. The molecule has 0 saturated carbocycles. The van der Waals surface area contributed by atoms with E-state index in [2.05, 4.69) is 157 Å². The normalized spacial score (nSPS) is 14.3. The average molecular weight is 677 g/mol. The van der Waals surface area contributed by atoms with Gasteiger partial charge in [-0.3, -0.25) is 9.34 Å². The fraction of sp³-hybridized carbons (Fsp3) is 0.136. The van der Waals surface area contributed by atoms with Gasteiger partial charge in [-0.05, 0) is 79.4 Å². The third-order valence-electron chi connectivity index (χ3n) is 9.19. The van der Waals surface area contributed by atoms with Gasteiger partial charge in [0.15, 0.2) is 11.5 Å². The lowest BCUT2D eigenvalue weighted by atomic mass is 9.91. The highest BCUT2D eigenvalue weighted by Crippen LogP contribution is 2.65. The predicted octanol–water partition coefficient (Wildman–Crippen LogP) is 11.9. The van der Waals surface area contributed by atoms with E-state index in [-0.39, 0.29) is 5.48 Å². The summed E-state index contributed by atoms with van der Waals surface area (Å²) in [5, 5.41) is 2.45. The van der Waals surface area contributed by atoms with Crippen molar-refractivity contribution in [2.75, 3.05) is 9.34 Å². The van der Waals surface area contributed by atoms with Gasteiger partial charge in [0.05, 0.1) is 11.4 Å². The van der Waals surface area contributed by atoms with Gasteiger partial charge in [-0.2, -0.15) is 0 Å². The average Bonchev–Trinajstić information content (AvgIpc) is 3.81. The number of aryl methyl sites for hydroxylation is 2. The summed E-state index contributed by atoms with van der Waals surface area (Å²) in [6.45, 7) is 10.3. The molecule has 3 heterocycles. The van der Waals surface area contributed by atoms with E-state index in [1.165, 1.54) is 56.7 Å². The van der Waals surface area contributed by atoms with Gasteiger partial charge in [-0.25, -0.2) is 0 Å². The van der Waals surface area contributed by atoms with Crippen molar-refractivity contribution in [2.45, 2.75) is 40.0 Å². The number of rotatable bonds is 5. The minimum atomic E-state index is -0.948. The van der Waals surface area contributed by atoms with Crippen molar-refractivity contribution in [1.29, 1.82) is 0 Å². The first-order valence-corrected chi connectivity index (χ1v) is 18.4. The molecule has 6 heteroatoms. The molecule has 0 saturated heterocycles. The second kappa shape index (κ2) is 13.9. The van der Waals surface area contributed by atoms with E-state index in [0.29, 0.717) is 0 Å². The van der Waals surface area contributed by atoms with Crippen molar-refractivity contribution in [3.63, 3.8) is 0 Å². The minimum Gasteiger partial charge on any atom is -0.457 e. The standard InChI is InChI=1S/C41H31N2O2P.C3H8.H2O/c1-3-33-27(2)44-40-34(33)21-22-35-36-25-28(20-24-39(36)45-41(35)40)29-19-23-37-38(26-29)43(31-15-9-5-10-16-31)46(32-17-11-6-12-18-32)42(37)30-13-7-4-8-14-30;1-3-2;/h3-20,23-26H,1,21-22H2,2H3;3H2,1-2H3;1H2. The van der Waals surface area contributed by atoms with Gasteiger partial charge < -0.3 is 14.3 Å². The van der Waals surface area contributed by atoms with Crippen molar-refractivity contribution in [2.24, 2.45) is 0 Å². The molecule has 250 valence electrons. The van der Waals surface area contributed by atoms with Gasteiger partial charge in [0, 0.05) is 38.8 Å². The Kier molecular flexibility index (Phi) is 9.20. The van der Waals surface area contributed by atoms with Gasteiger partial charge in [0.2, 0.25) is 0 Å². The summed E-state index contributed by atoms with van der Waals surface area (Å²) in [5.74, 6) is 2.62. The van der Waals surface area contributed by atoms with Gasteiger partial charge in [-0.1, -0.05) is 112 Å². The predicted molar refractivity (Wildman–Crippen MR) is 211 cm³/mol. The third kappa shape index (κ3) is 5.53. The molecule has 50 heavy (non-hydrogen) atoms. The molecule has 0 amide bonds. The summed E-state index contributed by atoms with van der Waals surface area (Å²) in [6.07, 6.45) is 4.99. The second-order valence-corrected chi connectivity index (χ2v) is 14.4. The van der Waals surface area contributed by atoms with Crippen LogP contribution in [0.5, 0.6) is 0 Å². The number of para-hydroxylation sites is 2. The number of hydrogen-bond donors (Lipinski definition) is 0. The molecule has 1 aliphatic heterocycles. The van der Waals surface area contributed by atoms with E-state index >= 15 is 0 Å². The van der Waals surface area contributed by atoms with E-state index in [1.807, 2.05) is 13.0 Å². The Hall–Kier alpha value is -5.35. The molecule has 1 atom stereocenters. The molecule has 0 fully saturated rings. The number of nitrogens with zero attached hydrogens (tertiary/aromatic N) is 2. The zero-order valence-corrected chi connectivity index (χ0v) is 29.6. The fourth-order valence-corrected chi connectivity index (χ4v) is 9.61. The Morgan fingerprint density at radius 2 is 1.20 bits per heavy atom. The van der Waals surface area contributed by atoms with E-state index in [1.54, 1.807) is 0 Å². The zero-order chi connectivity index (χ0) is 33.5. The van der Waals surface area contributed by atoms with Crippen LogP contribution in [0.1, 0.15) is 42.7 Å². The van der Waals surface area contributed by atoms with Crippen LogP contribution in [0, 0.1) is 6.92 Å². The molecule has 1 unspecified atom stereocenters. The lowest BCUT2D eigenvalue weighted by Gasteiger charge is -2.32. The molecule has 2 N–H and O–H groups in total. The first-order valence-electron chi connectivity index (χ1n) is 17.1. The van der Waals surface area contributed by atoms with Gasteiger partial charge >= 0.3 is 0 Å². The molecular formula is C44H41N2O3P. The van der Waals surface area contributed by atoms with Crippen molar-refractivity contribution in [1.82, 2.24) is 0 Å². The molecule has 9 rings (SSSR count). The van der Waals surface area contributed by atoms with Crippen LogP contribution in [-0.4, -0.2) is 5.48 Å². The summed E-state index contributed by atoms with van der Waals surface area (Å²) < 4.78 is 17.7. The van der Waals surface area contributed by atoms with Crippen molar-refractivity contribution in [3.05, 3.63) is 156 Å². The van der Waals surface area contributed by atoms with E-state index in [9.17, 15) is 0 Å². The smallest absolute Gasteiger partial charge is 0.174 e. The zero-order valence-electron chi connectivity index (χ0n) is 28.7. The summed E-state index contributed by atoms with van der Waals surface area (Å²) in [6, 6.07) is 45.9. The highest BCUT2D eigenvalue weighted by molar-refractivity contribution is 7.70. The highest BCUT2D eigenvalue weighted by atomic mass is 31.1. The topological polar surface area (TPSA) is 64.3 Å². The fourth-order valence-electron chi connectivity index (χ4n) is 7.09. The van der Waals surface area contributed by atoms with Gasteiger partial charge in [0.1, 0.15) is 19.6 Å². The molecule has 0 bridgehead atoms. The summed E-state index contributed by atoms with van der Waals surface area (Å²) >= 11 is 0. The van der Waals surface area contributed by atoms with Crippen molar-refractivity contribution < 1.29 is 14.3 Å². The highest BCUT2D eigenvalue weighted by Gasteiger charge is 2.40. The van der Waals surface area contributed by atoms with Crippen LogP contribution in [0.15, 0.2) is 143 Å².